The summed E-state index contributed by atoms with van der Waals surface area (Å²) in [6.45, 7) is 0.507. The molecule has 0 saturated heterocycles. The first-order valence-corrected chi connectivity index (χ1v) is 9.08. The Morgan fingerprint density at radius 3 is 2.30 bits per heavy atom. The summed E-state index contributed by atoms with van der Waals surface area (Å²) in [6.07, 6.45) is 2.54. The average molecular weight is 402 g/mol. The number of hydrogen-bond donors (Lipinski definition) is 1. The Morgan fingerprint density at radius 2 is 1.60 bits per heavy atom. The molecule has 0 unspecified atom stereocenters. The number of carbonyl (C=O) groups is 3. The second-order valence-corrected chi connectivity index (χ2v) is 6.68. The van der Waals surface area contributed by atoms with Gasteiger partial charge in [0.05, 0.1) is 29.2 Å². The molecule has 3 heterocycles. The number of nitrogens with one attached hydrogen (secondary N) is 1. The van der Waals surface area contributed by atoms with E-state index in [0.717, 1.165) is 10.5 Å². The van der Waals surface area contributed by atoms with Gasteiger partial charge in [0.2, 0.25) is 6.79 Å². The van der Waals surface area contributed by atoms with Gasteiger partial charge in [-0.05, 0) is 42.0 Å². The van der Waals surface area contributed by atoms with Crippen LogP contribution in [0.2, 0.25) is 0 Å². The summed E-state index contributed by atoms with van der Waals surface area (Å²) >= 11 is 0. The molecule has 2 aliphatic heterocycles. The molecule has 1 aromatic heterocycles. The third kappa shape index (κ3) is 2.93. The van der Waals surface area contributed by atoms with Crippen LogP contribution in [-0.2, 0) is 6.54 Å². The number of benzene rings is 2. The number of aromatic nitrogens is 2. The van der Waals surface area contributed by atoms with Crippen LogP contribution in [0.5, 0.6) is 11.5 Å². The number of fused-ring (bicyclic) bond motifs is 2. The Balaban J connectivity index is 1.28. The molecule has 2 aromatic carbocycles. The van der Waals surface area contributed by atoms with E-state index in [-0.39, 0.29) is 23.8 Å². The molecule has 0 radical (unpaired) electrons. The van der Waals surface area contributed by atoms with Crippen LogP contribution in [0.25, 0.3) is 0 Å². The SMILES string of the molecule is O=C(NCc1ccc2c(c1)OCO2)c1ccc(N2C(=O)c3cnncc3C2=O)cc1. The van der Waals surface area contributed by atoms with E-state index in [2.05, 4.69) is 15.5 Å². The highest BCUT2D eigenvalue weighted by atomic mass is 16.7. The number of amides is 3. The van der Waals surface area contributed by atoms with E-state index in [9.17, 15) is 14.4 Å². The van der Waals surface area contributed by atoms with Crippen molar-refractivity contribution in [1.29, 1.82) is 0 Å². The summed E-state index contributed by atoms with van der Waals surface area (Å²) in [4.78, 5) is 38.5. The molecule has 2 aliphatic rings. The van der Waals surface area contributed by atoms with E-state index >= 15 is 0 Å². The van der Waals surface area contributed by atoms with E-state index in [1.807, 2.05) is 12.1 Å². The van der Waals surface area contributed by atoms with Gasteiger partial charge >= 0.3 is 0 Å². The fourth-order valence-corrected chi connectivity index (χ4v) is 3.33. The zero-order chi connectivity index (χ0) is 20.7. The van der Waals surface area contributed by atoms with Gasteiger partial charge in [-0.3, -0.25) is 14.4 Å². The van der Waals surface area contributed by atoms with Gasteiger partial charge in [0.15, 0.2) is 11.5 Å². The Morgan fingerprint density at radius 1 is 0.933 bits per heavy atom. The Bertz CT molecular complexity index is 1160. The van der Waals surface area contributed by atoms with E-state index in [4.69, 9.17) is 9.47 Å². The van der Waals surface area contributed by atoms with Crippen LogP contribution in [0.3, 0.4) is 0 Å². The second-order valence-electron chi connectivity index (χ2n) is 6.68. The predicted octanol–water partition coefficient (Wildman–Crippen LogP) is 1.94. The quantitative estimate of drug-likeness (QED) is 0.664. The predicted molar refractivity (Wildman–Crippen MR) is 103 cm³/mol. The van der Waals surface area contributed by atoms with Crippen molar-refractivity contribution < 1.29 is 23.9 Å². The Kier molecular flexibility index (Phi) is 4.13. The first-order chi connectivity index (χ1) is 14.6. The van der Waals surface area contributed by atoms with Gasteiger partial charge in [0, 0.05) is 12.1 Å². The van der Waals surface area contributed by atoms with Gasteiger partial charge in [-0.25, -0.2) is 4.90 Å². The highest BCUT2D eigenvalue weighted by Gasteiger charge is 2.37. The molecule has 0 saturated carbocycles. The van der Waals surface area contributed by atoms with Crippen LogP contribution >= 0.6 is 0 Å². The lowest BCUT2D eigenvalue weighted by Gasteiger charge is -2.14. The minimum atomic E-state index is -0.468. The lowest BCUT2D eigenvalue weighted by molar-refractivity contribution is 0.0923. The maximum absolute atomic E-state index is 12.5. The molecule has 0 spiro atoms. The number of nitrogens with zero attached hydrogens (tertiary/aromatic N) is 3. The summed E-state index contributed by atoms with van der Waals surface area (Å²) in [7, 11) is 0. The van der Waals surface area contributed by atoms with Crippen LogP contribution in [0.1, 0.15) is 36.6 Å². The van der Waals surface area contributed by atoms with Crippen molar-refractivity contribution in [2.45, 2.75) is 6.54 Å². The van der Waals surface area contributed by atoms with Crippen LogP contribution in [0, 0.1) is 0 Å². The molecule has 0 bridgehead atoms. The van der Waals surface area contributed by atoms with E-state index in [1.165, 1.54) is 12.4 Å². The average Bonchev–Trinajstić information content (AvgIpc) is 3.35. The Labute approximate surface area is 170 Å². The molecule has 3 amide bonds. The molecule has 0 fully saturated rings. The van der Waals surface area contributed by atoms with Gasteiger partial charge in [-0.15, -0.1) is 0 Å². The van der Waals surface area contributed by atoms with Crippen LogP contribution in [-0.4, -0.2) is 34.7 Å². The molecule has 148 valence electrons. The summed E-state index contributed by atoms with van der Waals surface area (Å²) in [6, 6.07) is 11.7. The van der Waals surface area contributed by atoms with Gasteiger partial charge < -0.3 is 14.8 Å². The maximum Gasteiger partial charge on any atom is 0.267 e. The van der Waals surface area contributed by atoms with Crippen LogP contribution in [0.15, 0.2) is 54.9 Å². The summed E-state index contributed by atoms with van der Waals surface area (Å²) in [5.41, 5.74) is 2.06. The molecule has 30 heavy (non-hydrogen) atoms. The molecule has 5 rings (SSSR count). The minimum absolute atomic E-state index is 0.192. The highest BCUT2D eigenvalue weighted by Crippen LogP contribution is 2.32. The maximum atomic E-state index is 12.5. The van der Waals surface area contributed by atoms with Crippen molar-refractivity contribution in [3.63, 3.8) is 0 Å². The van der Waals surface area contributed by atoms with Gasteiger partial charge in [-0.2, -0.15) is 10.2 Å². The van der Waals surface area contributed by atoms with Crippen molar-refractivity contribution in [2.75, 3.05) is 11.7 Å². The van der Waals surface area contributed by atoms with E-state index in [0.29, 0.717) is 29.3 Å². The van der Waals surface area contributed by atoms with Crippen molar-refractivity contribution in [3.05, 3.63) is 77.1 Å². The van der Waals surface area contributed by atoms with E-state index < -0.39 is 11.8 Å². The monoisotopic (exact) mass is 402 g/mol. The van der Waals surface area contributed by atoms with Crippen molar-refractivity contribution in [1.82, 2.24) is 15.5 Å². The lowest BCUT2D eigenvalue weighted by Crippen LogP contribution is -2.29. The van der Waals surface area contributed by atoms with E-state index in [1.54, 1.807) is 30.3 Å². The lowest BCUT2D eigenvalue weighted by atomic mass is 10.1. The smallest absolute Gasteiger partial charge is 0.267 e. The molecule has 1 N–H and O–H groups in total. The number of anilines is 1. The summed E-state index contributed by atoms with van der Waals surface area (Å²) < 4.78 is 10.6. The van der Waals surface area contributed by atoms with Crippen molar-refractivity contribution in [3.8, 4) is 11.5 Å². The van der Waals surface area contributed by atoms with Crippen molar-refractivity contribution >= 4 is 23.4 Å². The number of carbonyl (C=O) groups excluding carboxylic acids is 3. The molecular weight excluding hydrogens is 388 g/mol. The number of rotatable bonds is 4. The number of hydrogen-bond acceptors (Lipinski definition) is 7. The molecule has 3 aromatic rings. The number of ether oxygens (including phenoxy) is 2. The number of imide groups is 1. The third-order valence-corrected chi connectivity index (χ3v) is 4.88. The molecule has 9 heteroatoms. The van der Waals surface area contributed by atoms with Gasteiger partial charge in [0.1, 0.15) is 0 Å². The molecule has 0 aliphatic carbocycles. The fourth-order valence-electron chi connectivity index (χ4n) is 3.33. The van der Waals surface area contributed by atoms with Crippen LogP contribution < -0.4 is 19.7 Å². The first kappa shape index (κ1) is 17.8. The normalized spacial score (nSPS) is 14.1. The standard InChI is InChI=1S/C21H14N4O5/c26-19(22-8-12-1-6-17-18(7-12)30-11-29-17)13-2-4-14(5-3-13)25-20(27)15-9-23-24-10-16(15)21(25)28/h1-7,9-10H,8,11H2,(H,22,26). The first-order valence-electron chi connectivity index (χ1n) is 9.08. The molecular formula is C21H14N4O5. The summed E-state index contributed by atoms with van der Waals surface area (Å²) in [5, 5.41) is 10.1. The topological polar surface area (TPSA) is 111 Å². The Hall–Kier alpha value is -4.27. The van der Waals surface area contributed by atoms with Crippen molar-refractivity contribution in [2.24, 2.45) is 0 Å². The molecule has 9 nitrogen and oxygen atoms in total. The fraction of sp³-hybridized carbons (Fsp3) is 0.0952. The zero-order valence-electron chi connectivity index (χ0n) is 15.5. The third-order valence-electron chi connectivity index (χ3n) is 4.88. The minimum Gasteiger partial charge on any atom is -0.454 e. The van der Waals surface area contributed by atoms with Gasteiger partial charge in [-0.1, -0.05) is 6.07 Å². The van der Waals surface area contributed by atoms with Gasteiger partial charge in [0.25, 0.3) is 17.7 Å². The highest BCUT2D eigenvalue weighted by molar-refractivity contribution is 6.34. The summed E-state index contributed by atoms with van der Waals surface area (Å²) in [5.74, 6) is 0.114. The largest absolute Gasteiger partial charge is 0.454 e. The molecule has 0 atom stereocenters. The second kappa shape index (κ2) is 6.96. The van der Waals surface area contributed by atoms with Crippen LogP contribution in [0.4, 0.5) is 5.69 Å². The zero-order valence-corrected chi connectivity index (χ0v) is 15.5.